The molecule has 117 heavy (non-hydrogen) atoms. The van der Waals surface area contributed by atoms with Crippen LogP contribution in [0.5, 0.6) is 0 Å². The predicted octanol–water partition coefficient (Wildman–Crippen LogP) is 25.0. The molecule has 0 spiro atoms. The van der Waals surface area contributed by atoms with Crippen LogP contribution in [-0.2, 0) is 56.7 Å². The molecule has 0 radical (unpaired) electrons. The van der Waals surface area contributed by atoms with Gasteiger partial charge in [0.05, 0.1) is 53.1 Å². The Kier molecular flexibility index (Phi) is 36.8. The molecule has 2 heterocycles. The van der Waals surface area contributed by atoms with Crippen LogP contribution in [-0.4, -0.2) is 107 Å². The highest BCUT2D eigenvalue weighted by Gasteiger charge is 2.25. The normalized spacial score (nSPS) is 12.3. The third-order valence-electron chi connectivity index (χ3n) is 19.0. The second kappa shape index (κ2) is 46.0. The molecule has 0 bridgehead atoms. The minimum absolute atomic E-state index is 0.0213. The highest BCUT2D eigenvalue weighted by Crippen LogP contribution is 2.37. The average molecular weight is 1720 g/mol. The van der Waals surface area contributed by atoms with E-state index < -0.39 is 23.3 Å². The zero-order chi connectivity index (χ0) is 85.2. The molecule has 23 heteroatoms. The van der Waals surface area contributed by atoms with E-state index in [2.05, 4.69) is 5.32 Å². The number of methoxy groups -OCH3 is 5. The molecule has 618 valence electrons. The van der Waals surface area contributed by atoms with Crippen LogP contribution in [0.3, 0.4) is 0 Å². The lowest BCUT2D eigenvalue weighted by molar-refractivity contribution is 0.0785. The first kappa shape index (κ1) is 93.7. The fourth-order valence-corrected chi connectivity index (χ4v) is 14.3. The van der Waals surface area contributed by atoms with Crippen LogP contribution < -0.4 is 5.32 Å². The molecule has 10 aromatic carbocycles. The predicted molar refractivity (Wildman–Crippen MR) is 463 cm³/mol. The van der Waals surface area contributed by atoms with Gasteiger partial charge >= 0.3 is 0 Å². The SMILES string of the molecule is COCc1cc(C(=O)CC(C)C)ccc1-c1ccc(Cl)cc1F.COCc1cc(C(=O)CC(C)C)ccc1-c1ccc(F)c(Cl)c1.COCc1cc(C(=O)N2CCCC2)ccc1-c1ccc(Cl)c(F)c1.COCc1cc(C(=O)N2CCCC2)ccc1-c1ccc(Cl)cc1F.COCc1cc(C(=O)NC(C)C)ccc1-c1ccc(Cl)c(Cl)c1. The van der Waals surface area contributed by atoms with E-state index in [1.54, 1.807) is 139 Å². The summed E-state index contributed by atoms with van der Waals surface area (Å²) in [6, 6.07) is 51.2. The number of hydrogen-bond donors (Lipinski definition) is 1. The highest BCUT2D eigenvalue weighted by molar-refractivity contribution is 6.42. The summed E-state index contributed by atoms with van der Waals surface area (Å²) < 4.78 is 81.8. The molecule has 2 aliphatic rings. The number of nitrogens with one attached hydrogen (secondary N) is 1. The summed E-state index contributed by atoms with van der Waals surface area (Å²) in [5, 5.41) is 4.76. The Morgan fingerprint density at radius 1 is 0.333 bits per heavy atom. The second-order valence-corrected chi connectivity index (χ2v) is 31.8. The van der Waals surface area contributed by atoms with Crippen molar-refractivity contribution in [1.29, 1.82) is 0 Å². The van der Waals surface area contributed by atoms with Crippen molar-refractivity contribution in [3.63, 3.8) is 0 Å². The Morgan fingerprint density at radius 3 is 1.02 bits per heavy atom. The number of amides is 3. The Balaban J connectivity index is 0.000000183. The van der Waals surface area contributed by atoms with Crippen molar-refractivity contribution in [3.8, 4) is 55.6 Å². The van der Waals surface area contributed by atoms with E-state index in [0.717, 1.165) is 107 Å². The van der Waals surface area contributed by atoms with Crippen molar-refractivity contribution < 1.29 is 65.2 Å². The smallest absolute Gasteiger partial charge is 0.253 e. The number of likely N-dealkylation sites (tertiary alicyclic amines) is 2. The van der Waals surface area contributed by atoms with Crippen LogP contribution in [0.25, 0.3) is 55.6 Å². The zero-order valence-corrected chi connectivity index (χ0v) is 72.0. The molecular formula is C94H97Cl6F4N3O10. The number of ether oxygens (including phenoxy) is 5. The van der Waals surface area contributed by atoms with E-state index >= 15 is 0 Å². The molecule has 10 aromatic rings. The zero-order valence-electron chi connectivity index (χ0n) is 67.4. The summed E-state index contributed by atoms with van der Waals surface area (Å²) in [5.74, 6) is -0.936. The van der Waals surface area contributed by atoms with Crippen molar-refractivity contribution in [2.75, 3.05) is 61.7 Å². The van der Waals surface area contributed by atoms with Crippen molar-refractivity contribution >= 4 is 98.9 Å². The van der Waals surface area contributed by atoms with Gasteiger partial charge in [0, 0.05) is 130 Å². The lowest BCUT2D eigenvalue weighted by Gasteiger charge is -2.17. The molecule has 1 N–H and O–H groups in total. The Labute approximate surface area is 713 Å². The second-order valence-electron chi connectivity index (χ2n) is 29.3. The lowest BCUT2D eigenvalue weighted by Crippen LogP contribution is -2.30. The number of Topliss-reactive ketones (excluding diaryl/α,β-unsaturated/α-hetero) is 2. The number of carbonyl (C=O) groups excluding carboxylic acids is 5. The van der Waals surface area contributed by atoms with Gasteiger partial charge in [-0.25, -0.2) is 17.6 Å². The minimum atomic E-state index is -0.463. The monoisotopic (exact) mass is 1710 g/mol. The summed E-state index contributed by atoms with van der Waals surface area (Å²) >= 11 is 35.4. The van der Waals surface area contributed by atoms with Crippen LogP contribution in [0.1, 0.15) is 160 Å². The molecule has 0 saturated carbocycles. The van der Waals surface area contributed by atoms with Crippen molar-refractivity contribution in [2.45, 2.75) is 119 Å². The maximum Gasteiger partial charge on any atom is 0.253 e. The Morgan fingerprint density at radius 2 is 0.658 bits per heavy atom. The van der Waals surface area contributed by atoms with Crippen LogP contribution in [0, 0.1) is 35.1 Å². The number of benzene rings is 10. The number of halogens is 10. The summed E-state index contributed by atoms with van der Waals surface area (Å²) in [6.07, 6.45) is 5.20. The van der Waals surface area contributed by atoms with Crippen molar-refractivity contribution in [3.05, 3.63) is 291 Å². The van der Waals surface area contributed by atoms with Gasteiger partial charge in [0.2, 0.25) is 0 Å². The maximum atomic E-state index is 14.3. The fraction of sp³-hybridized carbons (Fsp3) is 0.309. The van der Waals surface area contributed by atoms with Crippen molar-refractivity contribution in [2.24, 2.45) is 11.8 Å². The van der Waals surface area contributed by atoms with Gasteiger partial charge in [-0.2, -0.15) is 0 Å². The summed E-state index contributed by atoms with van der Waals surface area (Å²) in [7, 11) is 7.98. The van der Waals surface area contributed by atoms with Crippen LogP contribution in [0.15, 0.2) is 182 Å². The maximum absolute atomic E-state index is 14.3. The number of rotatable bonds is 25. The average Bonchev–Trinajstić information content (AvgIpc) is 1.53. The topological polar surface area (TPSA) is 150 Å². The van der Waals surface area contributed by atoms with E-state index in [4.69, 9.17) is 93.3 Å². The number of ketones is 2. The number of hydrogen-bond acceptors (Lipinski definition) is 10. The lowest BCUT2D eigenvalue weighted by atomic mass is 9.94. The van der Waals surface area contributed by atoms with Gasteiger partial charge in [-0.05, 0) is 245 Å². The van der Waals surface area contributed by atoms with Gasteiger partial charge in [0.15, 0.2) is 11.6 Å². The standard InChI is InChI=1S/2C19H19ClFNO2.2C19H20ClFO2.C18H19Cl2NO2/c1-24-12-15-10-14(19(23)22-8-2-3-9-22)4-6-16(15)13-5-7-17(20)18(21)11-13;1-24-12-14-10-13(19(23)22-8-2-3-9-22)4-6-16(14)17-7-5-15(20)11-18(17)21;1-12(2)8-19(22)14-4-6-16(15(9-14)11-23-3)13-5-7-18(21)17(20)10-13;1-12(2)8-19(22)13-4-6-16(14(9-13)11-23-3)17-7-5-15(20)10-18(17)21;1-11(2)21-18(22)13-4-6-15(14(8-13)10-23-3)12-5-7-16(19)17(20)9-12/h2*4-7,10-11H,2-3,8-9,12H2,1H3;2*4-7,9-10,12H,8,11H2,1-3H3;4-9,11H,10H2,1-3H3,(H,21,22). The molecule has 0 aromatic heterocycles. The van der Waals surface area contributed by atoms with Gasteiger partial charge in [-0.1, -0.05) is 158 Å². The van der Waals surface area contributed by atoms with Gasteiger partial charge in [-0.15, -0.1) is 0 Å². The summed E-state index contributed by atoms with van der Waals surface area (Å²) in [6.45, 7) is 16.8. The molecular weight excluding hydrogens is 1620 g/mol. The van der Waals surface area contributed by atoms with Gasteiger partial charge < -0.3 is 38.8 Å². The number of nitrogens with zero attached hydrogens (tertiary/aromatic N) is 2. The first-order valence-electron chi connectivity index (χ1n) is 38.3. The molecule has 0 atom stereocenters. The third-order valence-corrected chi connectivity index (χ3v) is 20.8. The summed E-state index contributed by atoms with van der Waals surface area (Å²) in [5.41, 5.74) is 14.8. The molecule has 2 aliphatic heterocycles. The Hall–Kier alpha value is -8.79. The third kappa shape index (κ3) is 26.9. The Bertz CT molecular complexity index is 4990. The number of carbonyl (C=O) groups is 5. The van der Waals surface area contributed by atoms with Gasteiger partial charge in [0.25, 0.3) is 17.7 Å². The van der Waals surface area contributed by atoms with Crippen molar-refractivity contribution in [1.82, 2.24) is 15.1 Å². The molecule has 0 unspecified atom stereocenters. The minimum Gasteiger partial charge on any atom is -0.380 e. The molecule has 2 fully saturated rings. The quantitative estimate of drug-likeness (QED) is 0.0433. The van der Waals surface area contributed by atoms with Crippen LogP contribution in [0.4, 0.5) is 17.6 Å². The van der Waals surface area contributed by atoms with Gasteiger partial charge in [0.1, 0.15) is 23.3 Å². The van der Waals surface area contributed by atoms with Gasteiger partial charge in [-0.3, -0.25) is 24.0 Å². The van der Waals surface area contributed by atoms with Crippen LogP contribution in [0.2, 0.25) is 30.1 Å². The van der Waals surface area contributed by atoms with E-state index in [1.807, 2.05) is 99.9 Å². The first-order chi connectivity index (χ1) is 55.9. The highest BCUT2D eigenvalue weighted by atomic mass is 35.5. The molecule has 2 saturated heterocycles. The van der Waals surface area contributed by atoms with Crippen LogP contribution >= 0.6 is 69.6 Å². The summed E-state index contributed by atoms with van der Waals surface area (Å²) in [4.78, 5) is 65.5. The van der Waals surface area contributed by atoms with E-state index in [0.29, 0.717) is 133 Å². The first-order valence-corrected chi connectivity index (χ1v) is 40.5. The van der Waals surface area contributed by atoms with E-state index in [9.17, 15) is 41.5 Å². The molecule has 12 rings (SSSR count). The van der Waals surface area contributed by atoms with E-state index in [1.165, 1.54) is 30.3 Å². The largest absolute Gasteiger partial charge is 0.380 e. The fourth-order valence-electron chi connectivity index (χ4n) is 13.4. The molecule has 13 nitrogen and oxygen atoms in total. The van der Waals surface area contributed by atoms with E-state index in [-0.39, 0.29) is 45.4 Å². The molecule has 3 amide bonds. The molecule has 0 aliphatic carbocycles.